The summed E-state index contributed by atoms with van der Waals surface area (Å²) in [6, 6.07) is 10.5. The number of hydrogen-bond donors (Lipinski definition) is 2. The second kappa shape index (κ2) is 7.65. The van der Waals surface area contributed by atoms with Crippen molar-refractivity contribution in [2.45, 2.75) is 6.42 Å². The van der Waals surface area contributed by atoms with E-state index in [4.69, 9.17) is 10.5 Å². The molecule has 0 spiro atoms. The van der Waals surface area contributed by atoms with Crippen LogP contribution in [0.15, 0.2) is 35.3 Å². The number of hydrogen-bond acceptors (Lipinski definition) is 2. The summed E-state index contributed by atoms with van der Waals surface area (Å²) in [5.41, 5.74) is 8.37. The van der Waals surface area contributed by atoms with Gasteiger partial charge in [0.25, 0.3) is 0 Å². The van der Waals surface area contributed by atoms with E-state index in [9.17, 15) is 0 Å². The van der Waals surface area contributed by atoms with Crippen LogP contribution in [0.5, 0.6) is 0 Å². The van der Waals surface area contributed by atoms with Crippen LogP contribution in [0.4, 0.5) is 0 Å². The molecule has 1 saturated heterocycles. The van der Waals surface area contributed by atoms with Gasteiger partial charge in [-0.1, -0.05) is 18.2 Å². The maximum absolute atomic E-state index is 6.00. The van der Waals surface area contributed by atoms with Crippen LogP contribution in [-0.4, -0.2) is 48.7 Å². The van der Waals surface area contributed by atoms with E-state index in [0.29, 0.717) is 12.5 Å². The van der Waals surface area contributed by atoms with Gasteiger partial charge < -0.3 is 20.4 Å². The summed E-state index contributed by atoms with van der Waals surface area (Å²) >= 11 is 0. The van der Waals surface area contributed by atoms with Crippen molar-refractivity contribution in [2.75, 3.05) is 32.8 Å². The molecule has 0 unspecified atom stereocenters. The highest BCUT2D eigenvalue weighted by atomic mass is 127. The lowest BCUT2D eigenvalue weighted by Crippen LogP contribution is -2.44. The van der Waals surface area contributed by atoms with E-state index in [1.165, 1.54) is 16.6 Å². The Kier molecular flexibility index (Phi) is 5.86. The summed E-state index contributed by atoms with van der Waals surface area (Å²) in [7, 11) is 0. The molecule has 3 rings (SSSR count). The summed E-state index contributed by atoms with van der Waals surface area (Å²) < 4.78 is 5.30. The van der Waals surface area contributed by atoms with Gasteiger partial charge in [-0.25, -0.2) is 0 Å². The molecule has 2 heterocycles. The molecule has 5 nitrogen and oxygen atoms in total. The summed E-state index contributed by atoms with van der Waals surface area (Å²) in [6.45, 7) is 3.84. The number of morpholine rings is 1. The normalized spacial score (nSPS) is 16.0. The number of aromatic amines is 1. The zero-order valence-electron chi connectivity index (χ0n) is 11.9. The van der Waals surface area contributed by atoms with Crippen molar-refractivity contribution in [3.8, 4) is 0 Å². The molecule has 6 heteroatoms. The number of para-hydroxylation sites is 1. The van der Waals surface area contributed by atoms with Crippen LogP contribution in [0, 0.1) is 0 Å². The van der Waals surface area contributed by atoms with Crippen molar-refractivity contribution >= 4 is 40.8 Å². The Morgan fingerprint density at radius 3 is 2.81 bits per heavy atom. The average Bonchev–Trinajstić information content (AvgIpc) is 2.90. The minimum absolute atomic E-state index is 0. The smallest absolute Gasteiger partial charge is 0.191 e. The van der Waals surface area contributed by atoms with E-state index in [1.807, 2.05) is 6.07 Å². The van der Waals surface area contributed by atoms with Gasteiger partial charge in [0.15, 0.2) is 5.96 Å². The monoisotopic (exact) mass is 400 g/mol. The number of nitrogens with one attached hydrogen (secondary N) is 1. The Bertz CT molecular complexity index is 571. The standard InChI is InChI=1S/C15H20N4O.HI/c16-15(19-7-9-20-10-8-19)17-6-5-13-11-12-3-1-2-4-14(12)18-13;/h1-4,11,18H,5-10H2,(H2,16,17);1H. The van der Waals surface area contributed by atoms with Crippen molar-refractivity contribution in [1.82, 2.24) is 9.88 Å². The molecular weight excluding hydrogens is 379 g/mol. The number of guanidine groups is 1. The second-order valence-electron chi connectivity index (χ2n) is 4.97. The van der Waals surface area contributed by atoms with Crippen molar-refractivity contribution in [3.63, 3.8) is 0 Å². The average molecular weight is 400 g/mol. The van der Waals surface area contributed by atoms with Crippen LogP contribution in [0.3, 0.4) is 0 Å². The third-order valence-electron chi connectivity index (χ3n) is 3.58. The molecule has 1 aromatic heterocycles. The summed E-state index contributed by atoms with van der Waals surface area (Å²) in [5, 5.41) is 1.24. The Morgan fingerprint density at radius 2 is 2.05 bits per heavy atom. The first-order valence-electron chi connectivity index (χ1n) is 7.02. The van der Waals surface area contributed by atoms with Gasteiger partial charge in [0.05, 0.1) is 13.2 Å². The molecule has 0 amide bonds. The number of nitrogens with zero attached hydrogens (tertiary/aromatic N) is 2. The molecule has 2 aromatic rings. The number of rotatable bonds is 3. The molecular formula is C15H21IN4O. The number of halogens is 1. The van der Waals surface area contributed by atoms with E-state index in [-0.39, 0.29) is 24.0 Å². The number of nitrogens with two attached hydrogens (primary N) is 1. The Balaban J connectivity index is 0.00000161. The Morgan fingerprint density at radius 1 is 1.29 bits per heavy atom. The fraction of sp³-hybridized carbons (Fsp3) is 0.400. The third-order valence-corrected chi connectivity index (χ3v) is 3.58. The number of aromatic nitrogens is 1. The quantitative estimate of drug-likeness (QED) is 0.471. The van der Waals surface area contributed by atoms with Crippen LogP contribution in [-0.2, 0) is 11.2 Å². The van der Waals surface area contributed by atoms with Gasteiger partial charge in [0, 0.05) is 37.3 Å². The second-order valence-corrected chi connectivity index (χ2v) is 4.97. The van der Waals surface area contributed by atoms with E-state index >= 15 is 0 Å². The zero-order valence-corrected chi connectivity index (χ0v) is 14.2. The molecule has 21 heavy (non-hydrogen) atoms. The van der Waals surface area contributed by atoms with Crippen LogP contribution in [0.2, 0.25) is 0 Å². The maximum Gasteiger partial charge on any atom is 0.191 e. The van der Waals surface area contributed by atoms with Gasteiger partial charge in [0.2, 0.25) is 0 Å². The summed E-state index contributed by atoms with van der Waals surface area (Å²) in [4.78, 5) is 9.94. The van der Waals surface area contributed by atoms with Crippen molar-refractivity contribution in [3.05, 3.63) is 36.0 Å². The largest absolute Gasteiger partial charge is 0.378 e. The van der Waals surface area contributed by atoms with E-state index in [1.54, 1.807) is 0 Å². The number of H-pyrrole nitrogens is 1. The van der Waals surface area contributed by atoms with Gasteiger partial charge in [-0.3, -0.25) is 4.99 Å². The van der Waals surface area contributed by atoms with E-state index in [2.05, 4.69) is 39.1 Å². The number of fused-ring (bicyclic) bond motifs is 1. The first-order chi connectivity index (χ1) is 9.83. The lowest BCUT2D eigenvalue weighted by molar-refractivity contribution is 0.0674. The highest BCUT2D eigenvalue weighted by Crippen LogP contribution is 2.14. The molecule has 0 atom stereocenters. The molecule has 1 aliphatic rings. The van der Waals surface area contributed by atoms with Crippen molar-refractivity contribution < 1.29 is 4.74 Å². The highest BCUT2D eigenvalue weighted by Gasteiger charge is 2.11. The molecule has 0 radical (unpaired) electrons. The Labute approximate surface area is 141 Å². The predicted molar refractivity (Wildman–Crippen MR) is 96.3 cm³/mol. The van der Waals surface area contributed by atoms with Crippen molar-refractivity contribution in [1.29, 1.82) is 0 Å². The van der Waals surface area contributed by atoms with Gasteiger partial charge in [-0.2, -0.15) is 0 Å². The zero-order chi connectivity index (χ0) is 13.8. The van der Waals surface area contributed by atoms with Crippen LogP contribution >= 0.6 is 24.0 Å². The van der Waals surface area contributed by atoms with E-state index < -0.39 is 0 Å². The number of ether oxygens (including phenoxy) is 1. The number of aliphatic imine (C=N–C) groups is 1. The molecule has 114 valence electrons. The summed E-state index contributed by atoms with van der Waals surface area (Å²) in [5.74, 6) is 0.629. The first kappa shape index (κ1) is 16.1. The van der Waals surface area contributed by atoms with Crippen LogP contribution in [0.1, 0.15) is 5.69 Å². The molecule has 1 aliphatic heterocycles. The van der Waals surface area contributed by atoms with Crippen molar-refractivity contribution in [2.24, 2.45) is 10.7 Å². The molecule has 3 N–H and O–H groups in total. The van der Waals surface area contributed by atoms with Gasteiger partial charge in [-0.15, -0.1) is 24.0 Å². The maximum atomic E-state index is 6.00. The fourth-order valence-corrected chi connectivity index (χ4v) is 2.45. The summed E-state index contributed by atoms with van der Waals surface area (Å²) in [6.07, 6.45) is 0.875. The van der Waals surface area contributed by atoms with E-state index in [0.717, 1.165) is 32.7 Å². The molecule has 0 bridgehead atoms. The molecule has 0 aliphatic carbocycles. The lowest BCUT2D eigenvalue weighted by Gasteiger charge is -2.27. The molecule has 1 aromatic carbocycles. The minimum atomic E-state index is 0. The van der Waals surface area contributed by atoms with Crippen LogP contribution in [0.25, 0.3) is 10.9 Å². The SMILES string of the molecule is I.NC(=NCCc1cc2ccccc2[nH]1)N1CCOCC1. The topological polar surface area (TPSA) is 66.6 Å². The van der Waals surface area contributed by atoms with Gasteiger partial charge in [0.1, 0.15) is 0 Å². The lowest BCUT2D eigenvalue weighted by atomic mass is 10.2. The van der Waals surface area contributed by atoms with Crippen LogP contribution < -0.4 is 5.73 Å². The minimum Gasteiger partial charge on any atom is -0.378 e. The molecule has 0 saturated carbocycles. The predicted octanol–water partition coefficient (Wildman–Crippen LogP) is 1.98. The molecule has 1 fully saturated rings. The highest BCUT2D eigenvalue weighted by molar-refractivity contribution is 14.0. The Hall–Kier alpha value is -1.28. The fourth-order valence-electron chi connectivity index (χ4n) is 2.45. The van der Waals surface area contributed by atoms with Gasteiger partial charge >= 0.3 is 0 Å². The number of benzene rings is 1. The van der Waals surface area contributed by atoms with Gasteiger partial charge in [-0.05, 0) is 17.5 Å². The third kappa shape index (κ3) is 4.10. The first-order valence-corrected chi connectivity index (χ1v) is 7.02.